The lowest BCUT2D eigenvalue weighted by molar-refractivity contribution is -0.128. The van der Waals surface area contributed by atoms with E-state index in [-0.39, 0.29) is 29.0 Å². The van der Waals surface area contributed by atoms with Gasteiger partial charge in [-0.15, -0.1) is 0 Å². The van der Waals surface area contributed by atoms with Gasteiger partial charge in [-0.2, -0.15) is 0 Å². The Morgan fingerprint density at radius 2 is 1.73 bits per heavy atom. The van der Waals surface area contributed by atoms with Crippen molar-refractivity contribution in [2.45, 2.75) is 64.7 Å². The lowest BCUT2D eigenvalue weighted by Gasteiger charge is -2.48. The molecule has 4 aromatic rings. The summed E-state index contributed by atoms with van der Waals surface area (Å²) in [6.45, 7) is 8.59. The quantitative estimate of drug-likeness (QED) is 0.298. The number of halogens is 1. The summed E-state index contributed by atoms with van der Waals surface area (Å²) in [6.07, 6.45) is 2.94. The molecule has 188 valence electrons. The van der Waals surface area contributed by atoms with E-state index in [1.54, 1.807) is 6.07 Å². The number of ketones is 1. The summed E-state index contributed by atoms with van der Waals surface area (Å²) in [7, 11) is 0. The molecule has 3 atom stereocenters. The maximum atomic E-state index is 15.2. The molecule has 0 radical (unpaired) electrons. The fraction of sp³-hybridized carbons (Fsp3) is 0.375. The van der Waals surface area contributed by atoms with Gasteiger partial charge in [-0.05, 0) is 55.4 Å². The first-order valence-electron chi connectivity index (χ1n) is 13.4. The minimum atomic E-state index is -0.281. The van der Waals surface area contributed by atoms with Crippen LogP contribution in [0.4, 0.5) is 4.39 Å². The van der Waals surface area contributed by atoms with Crippen molar-refractivity contribution >= 4 is 16.7 Å². The smallest absolute Gasteiger partial charge is 0.160 e. The molecule has 1 saturated carbocycles. The number of carbonyl (C=O) groups excluding carboxylic acids is 1. The zero-order valence-corrected chi connectivity index (χ0v) is 21.9. The molecule has 2 aliphatic rings. The van der Waals surface area contributed by atoms with Gasteiger partial charge in [0.05, 0.1) is 16.9 Å². The van der Waals surface area contributed by atoms with Crippen molar-refractivity contribution in [3.8, 4) is 22.6 Å². The molecule has 5 heteroatoms. The van der Waals surface area contributed by atoms with Gasteiger partial charge < -0.3 is 0 Å². The normalized spacial score (nSPS) is 23.2. The SMILES string of the molecule is CC(C)c1cc(-c2nc(-c3ccccc3F)c3c(n2)[C@]2(C)CCC(=O)[C@H](C)[C@H]2CC3)c2ccccc2n1. The lowest BCUT2D eigenvalue weighted by atomic mass is 9.56. The molecule has 0 saturated heterocycles. The molecule has 0 N–H and O–H groups in total. The Morgan fingerprint density at radius 1 is 0.973 bits per heavy atom. The molecule has 37 heavy (non-hydrogen) atoms. The molecule has 0 bridgehead atoms. The van der Waals surface area contributed by atoms with Crippen LogP contribution in [-0.2, 0) is 16.6 Å². The third kappa shape index (κ3) is 3.78. The number of benzene rings is 2. The van der Waals surface area contributed by atoms with Gasteiger partial charge >= 0.3 is 0 Å². The fourth-order valence-electron chi connectivity index (χ4n) is 6.60. The standard InChI is InChI=1S/C32H32FN3O/c1-18(2)27-17-23(20-9-6-8-12-26(20)34-27)31-35-29(21-10-5-7-11-25(21)33)22-13-14-24-19(3)28(37)15-16-32(24,4)30(22)36-31/h5-12,17-19,24H,13-16H2,1-4H3/t19-,24-,32-/m1/s1. The number of para-hydroxylation sites is 1. The predicted molar refractivity (Wildman–Crippen MR) is 145 cm³/mol. The number of nitrogens with zero attached hydrogens (tertiary/aromatic N) is 3. The highest BCUT2D eigenvalue weighted by Gasteiger charge is 2.49. The van der Waals surface area contributed by atoms with Gasteiger partial charge in [0.1, 0.15) is 11.6 Å². The van der Waals surface area contributed by atoms with E-state index in [9.17, 15) is 4.79 Å². The zero-order valence-electron chi connectivity index (χ0n) is 21.9. The van der Waals surface area contributed by atoms with E-state index >= 15 is 4.39 Å². The van der Waals surface area contributed by atoms with Crippen LogP contribution in [0.3, 0.4) is 0 Å². The first-order valence-corrected chi connectivity index (χ1v) is 13.4. The third-order valence-corrected chi connectivity index (χ3v) is 8.77. The van der Waals surface area contributed by atoms with E-state index in [4.69, 9.17) is 15.0 Å². The summed E-state index contributed by atoms with van der Waals surface area (Å²) in [6, 6.07) is 17.1. The molecule has 0 aliphatic heterocycles. The second kappa shape index (κ2) is 8.83. The lowest BCUT2D eigenvalue weighted by Crippen LogP contribution is -2.47. The average Bonchev–Trinajstić information content (AvgIpc) is 2.90. The van der Waals surface area contributed by atoms with Gasteiger partial charge in [-0.1, -0.05) is 58.0 Å². The Labute approximate surface area is 217 Å². The van der Waals surface area contributed by atoms with Crippen LogP contribution in [0.25, 0.3) is 33.5 Å². The van der Waals surface area contributed by atoms with E-state index in [2.05, 4.69) is 39.8 Å². The van der Waals surface area contributed by atoms with Crippen LogP contribution in [0, 0.1) is 17.7 Å². The first kappa shape index (κ1) is 23.9. The number of aromatic nitrogens is 3. The highest BCUT2D eigenvalue weighted by Crippen LogP contribution is 2.52. The summed E-state index contributed by atoms with van der Waals surface area (Å²) >= 11 is 0. The summed E-state index contributed by atoms with van der Waals surface area (Å²) in [5.41, 5.74) is 5.72. The maximum Gasteiger partial charge on any atom is 0.160 e. The van der Waals surface area contributed by atoms with Crippen LogP contribution in [0.5, 0.6) is 0 Å². The fourth-order valence-corrected chi connectivity index (χ4v) is 6.60. The number of Topliss-reactive ketones (excluding diaryl/α,β-unsaturated/α-hetero) is 1. The molecular weight excluding hydrogens is 461 g/mol. The first-order chi connectivity index (χ1) is 17.8. The molecule has 4 nitrogen and oxygen atoms in total. The van der Waals surface area contributed by atoms with Crippen molar-refractivity contribution in [3.63, 3.8) is 0 Å². The van der Waals surface area contributed by atoms with Crippen LogP contribution in [0.1, 0.15) is 69.8 Å². The molecule has 0 unspecified atom stereocenters. The van der Waals surface area contributed by atoms with E-state index < -0.39 is 0 Å². The van der Waals surface area contributed by atoms with Crippen molar-refractivity contribution in [3.05, 3.63) is 77.4 Å². The van der Waals surface area contributed by atoms with Crippen LogP contribution in [0.2, 0.25) is 0 Å². The van der Waals surface area contributed by atoms with Crippen molar-refractivity contribution in [2.75, 3.05) is 0 Å². The number of fused-ring (bicyclic) bond motifs is 4. The van der Waals surface area contributed by atoms with Crippen LogP contribution >= 0.6 is 0 Å². The summed E-state index contributed by atoms with van der Waals surface area (Å²) in [5.74, 6) is 1.12. The molecular formula is C32H32FN3O. The predicted octanol–water partition coefficient (Wildman–Crippen LogP) is 7.44. The molecule has 2 aromatic carbocycles. The van der Waals surface area contributed by atoms with E-state index in [1.165, 1.54) is 6.07 Å². The molecule has 1 fully saturated rings. The van der Waals surface area contributed by atoms with Crippen molar-refractivity contribution < 1.29 is 9.18 Å². The molecule has 2 heterocycles. The molecule has 6 rings (SSSR count). The third-order valence-electron chi connectivity index (χ3n) is 8.77. The Bertz CT molecular complexity index is 1540. The van der Waals surface area contributed by atoms with Crippen LogP contribution in [-0.4, -0.2) is 20.7 Å². The maximum absolute atomic E-state index is 15.2. The van der Waals surface area contributed by atoms with E-state index in [0.29, 0.717) is 29.3 Å². The number of hydrogen-bond donors (Lipinski definition) is 0. The van der Waals surface area contributed by atoms with E-state index in [0.717, 1.165) is 52.7 Å². The van der Waals surface area contributed by atoms with Crippen LogP contribution in [0.15, 0.2) is 54.6 Å². The van der Waals surface area contributed by atoms with Gasteiger partial charge in [0.2, 0.25) is 0 Å². The number of hydrogen-bond acceptors (Lipinski definition) is 4. The Balaban J connectivity index is 1.67. The monoisotopic (exact) mass is 493 g/mol. The summed E-state index contributed by atoms with van der Waals surface area (Å²) in [5, 5.41) is 0.982. The van der Waals surface area contributed by atoms with Gasteiger partial charge in [0.25, 0.3) is 0 Å². The second-order valence-corrected chi connectivity index (χ2v) is 11.3. The van der Waals surface area contributed by atoms with Gasteiger partial charge in [0.15, 0.2) is 5.82 Å². The Kier molecular flexibility index (Phi) is 5.70. The van der Waals surface area contributed by atoms with Crippen molar-refractivity contribution in [2.24, 2.45) is 11.8 Å². The molecule has 0 spiro atoms. The second-order valence-electron chi connectivity index (χ2n) is 11.3. The zero-order chi connectivity index (χ0) is 25.9. The van der Waals surface area contributed by atoms with Gasteiger partial charge in [0, 0.05) is 45.5 Å². The van der Waals surface area contributed by atoms with Gasteiger partial charge in [-0.25, -0.2) is 14.4 Å². The molecule has 2 aromatic heterocycles. The minimum absolute atomic E-state index is 0.00322. The Hall–Kier alpha value is -3.47. The highest BCUT2D eigenvalue weighted by molar-refractivity contribution is 5.93. The minimum Gasteiger partial charge on any atom is -0.299 e. The average molecular weight is 494 g/mol. The molecule has 0 amide bonds. The largest absolute Gasteiger partial charge is 0.299 e. The van der Waals surface area contributed by atoms with Crippen LogP contribution < -0.4 is 0 Å². The summed E-state index contributed by atoms with van der Waals surface area (Å²) < 4.78 is 15.2. The topological polar surface area (TPSA) is 55.7 Å². The van der Waals surface area contributed by atoms with Gasteiger partial charge in [-0.3, -0.25) is 9.78 Å². The summed E-state index contributed by atoms with van der Waals surface area (Å²) in [4.78, 5) is 28.0. The number of rotatable bonds is 3. The highest BCUT2D eigenvalue weighted by atomic mass is 19.1. The number of pyridine rings is 1. The number of carbonyl (C=O) groups is 1. The van der Waals surface area contributed by atoms with Crippen molar-refractivity contribution in [1.29, 1.82) is 0 Å². The van der Waals surface area contributed by atoms with Crippen molar-refractivity contribution in [1.82, 2.24) is 15.0 Å². The molecule has 2 aliphatic carbocycles. The van der Waals surface area contributed by atoms with E-state index in [1.807, 2.05) is 30.3 Å². The Morgan fingerprint density at radius 3 is 2.51 bits per heavy atom.